The number of carboxylic acid groups (broad SMARTS) is 1. The van der Waals surface area contributed by atoms with Crippen LogP contribution in [0.25, 0.3) is 0 Å². The molecule has 4 atom stereocenters. The summed E-state index contributed by atoms with van der Waals surface area (Å²) in [4.78, 5) is 40.3. The lowest BCUT2D eigenvalue weighted by Gasteiger charge is -2.44. The molecule has 1 aliphatic carbocycles. The molecule has 4 amide bonds. The Hall–Kier alpha value is -2.83. The Bertz CT molecular complexity index is 1160. The number of piperidine rings is 1. The molecule has 11 nitrogen and oxygen atoms in total. The maximum atomic E-state index is 14.5. The normalized spacial score (nSPS) is 20.4. The average Bonchev–Trinajstić information content (AvgIpc) is 2.99. The van der Waals surface area contributed by atoms with Gasteiger partial charge >= 0.3 is 12.1 Å². The monoisotopic (exact) mass is 655 g/mol. The number of rotatable bonds is 11. The van der Waals surface area contributed by atoms with Gasteiger partial charge in [0, 0.05) is 44.7 Å². The van der Waals surface area contributed by atoms with Crippen LogP contribution in [0.5, 0.6) is 0 Å². The molecular formula is C32H49ClFN4O7-. The van der Waals surface area contributed by atoms with Gasteiger partial charge in [0.2, 0.25) is 0 Å². The molecule has 1 heterocycles. The number of aliphatic hydroxyl groups is 2. The fourth-order valence-electron chi connectivity index (χ4n) is 6.50. The highest BCUT2D eigenvalue weighted by Gasteiger charge is 2.43. The van der Waals surface area contributed by atoms with Crippen molar-refractivity contribution in [3.8, 4) is 0 Å². The van der Waals surface area contributed by atoms with Crippen molar-refractivity contribution in [3.63, 3.8) is 0 Å². The van der Waals surface area contributed by atoms with E-state index in [2.05, 4.69) is 10.6 Å². The second kappa shape index (κ2) is 16.1. The molecule has 0 unspecified atom stereocenters. The Morgan fingerprint density at radius 3 is 2.51 bits per heavy atom. The summed E-state index contributed by atoms with van der Waals surface area (Å²) >= 11 is 6.33. The summed E-state index contributed by atoms with van der Waals surface area (Å²) in [7, 11) is 1.57. The largest absolute Gasteiger partial charge is 0.530 e. The fourth-order valence-corrected chi connectivity index (χ4v) is 6.79. The first-order valence-electron chi connectivity index (χ1n) is 15.9. The highest BCUT2D eigenvalue weighted by molar-refractivity contribution is 6.31. The zero-order valence-corrected chi connectivity index (χ0v) is 27.6. The number of halogens is 2. The van der Waals surface area contributed by atoms with Crippen LogP contribution in [0.4, 0.5) is 18.8 Å². The number of aliphatic hydroxyl groups excluding tert-OH is 1. The van der Waals surface area contributed by atoms with E-state index in [9.17, 15) is 34.1 Å². The Labute approximate surface area is 270 Å². The van der Waals surface area contributed by atoms with Crippen molar-refractivity contribution in [1.82, 2.24) is 20.4 Å². The number of hydrogen-bond acceptors (Lipinski definition) is 7. The van der Waals surface area contributed by atoms with E-state index < -0.39 is 53.3 Å². The maximum Gasteiger partial charge on any atom is 0.410 e. The van der Waals surface area contributed by atoms with Gasteiger partial charge in [0.05, 0.1) is 22.8 Å². The predicted molar refractivity (Wildman–Crippen MR) is 166 cm³/mol. The van der Waals surface area contributed by atoms with Crippen LogP contribution in [0, 0.1) is 17.7 Å². The van der Waals surface area contributed by atoms with Crippen LogP contribution >= 0.6 is 11.6 Å². The lowest BCUT2D eigenvalue weighted by Crippen LogP contribution is -2.58. The van der Waals surface area contributed by atoms with E-state index in [0.29, 0.717) is 19.4 Å². The Balaban J connectivity index is 1.81. The topological polar surface area (TPSA) is 154 Å². The van der Waals surface area contributed by atoms with Gasteiger partial charge in [0.15, 0.2) is 0 Å². The van der Waals surface area contributed by atoms with E-state index in [0.717, 1.165) is 32.1 Å². The maximum absolute atomic E-state index is 14.5. The number of nitrogens with one attached hydrogen (secondary N) is 2. The van der Waals surface area contributed by atoms with Crippen LogP contribution in [-0.2, 0) is 10.3 Å². The van der Waals surface area contributed by atoms with Crippen molar-refractivity contribution in [3.05, 3.63) is 34.6 Å². The first-order valence-corrected chi connectivity index (χ1v) is 16.3. The number of urea groups is 1. The minimum Gasteiger partial charge on any atom is -0.530 e. The van der Waals surface area contributed by atoms with Crippen LogP contribution in [0.15, 0.2) is 18.2 Å². The molecule has 0 spiro atoms. The first-order chi connectivity index (χ1) is 21.1. The number of carbonyl (C=O) groups is 3. The summed E-state index contributed by atoms with van der Waals surface area (Å²) in [6.45, 7) is 5.83. The number of ether oxygens (including phenoxy) is 1. The van der Waals surface area contributed by atoms with Crippen molar-refractivity contribution in [2.75, 3.05) is 33.2 Å². The summed E-state index contributed by atoms with van der Waals surface area (Å²) in [6.07, 6.45) is 3.13. The molecule has 2 fully saturated rings. The van der Waals surface area contributed by atoms with E-state index in [1.165, 1.54) is 17.0 Å². The zero-order chi connectivity index (χ0) is 33.4. The summed E-state index contributed by atoms with van der Waals surface area (Å²) in [6, 6.07) is 2.96. The molecule has 3 rings (SSSR count). The number of likely N-dealkylation sites (tertiary alicyclic amines) is 1. The molecule has 254 valence electrons. The van der Waals surface area contributed by atoms with E-state index in [-0.39, 0.29) is 49.0 Å². The molecule has 4 N–H and O–H groups in total. The van der Waals surface area contributed by atoms with Gasteiger partial charge in [0.1, 0.15) is 17.5 Å². The highest BCUT2D eigenvalue weighted by Crippen LogP contribution is 2.43. The standard InChI is InChI=1S/C32H50ClFN4O7/c1-31(2,3)45-30(43)37(4)20-25(27(39)21-11-6-5-7-12-21)36-28(40)38-18-9-13-22(19-38)32(44,16-10-17-35-29(41)42)23-14-8-15-24(34)26(23)33/h8,14-15,21-22,25,27,35,39,44H,5-7,9-13,16-20H2,1-4H3,(H,36,40)(H,41,42)/p-1/t22-,25-,27+,32+/m1/s1. The van der Waals surface area contributed by atoms with Gasteiger partial charge in [-0.2, -0.15) is 0 Å². The molecule has 13 heteroatoms. The van der Waals surface area contributed by atoms with Crippen molar-refractivity contribution in [2.45, 2.75) is 102 Å². The Morgan fingerprint density at radius 2 is 1.87 bits per heavy atom. The van der Waals surface area contributed by atoms with Crippen LogP contribution in [0.2, 0.25) is 5.02 Å². The van der Waals surface area contributed by atoms with Crippen molar-refractivity contribution in [1.29, 1.82) is 0 Å². The molecule has 0 radical (unpaired) electrons. The molecule has 1 aromatic carbocycles. The number of benzene rings is 1. The third kappa shape index (κ3) is 10.3. The molecule has 0 aromatic heterocycles. The van der Waals surface area contributed by atoms with Crippen molar-refractivity contribution in [2.24, 2.45) is 11.8 Å². The van der Waals surface area contributed by atoms with Gasteiger partial charge in [-0.15, -0.1) is 0 Å². The minimum atomic E-state index is -1.66. The third-order valence-corrected chi connectivity index (χ3v) is 9.22. The van der Waals surface area contributed by atoms with Gasteiger partial charge in [-0.1, -0.05) is 43.0 Å². The van der Waals surface area contributed by atoms with Gasteiger partial charge in [0.25, 0.3) is 0 Å². The van der Waals surface area contributed by atoms with Crippen molar-refractivity contribution < 1.29 is 38.8 Å². The Kier molecular flexibility index (Phi) is 13.1. The van der Waals surface area contributed by atoms with E-state index in [1.807, 2.05) is 0 Å². The highest BCUT2D eigenvalue weighted by atomic mass is 35.5. The number of amides is 4. The van der Waals surface area contributed by atoms with Crippen LogP contribution < -0.4 is 15.7 Å². The molecule has 1 aromatic rings. The SMILES string of the molecule is CN(C[C@@H](NC(=O)N1CCC[C@@H]([C@@](O)(CCCNC(=O)[O-])c2cccc(F)c2Cl)C1)[C@@H](O)C1CCCCC1)C(=O)OC(C)(C)C. The van der Waals surface area contributed by atoms with E-state index >= 15 is 0 Å². The summed E-state index contributed by atoms with van der Waals surface area (Å²) in [5.74, 6) is -1.27. The quantitative estimate of drug-likeness (QED) is 0.263. The van der Waals surface area contributed by atoms with Crippen molar-refractivity contribution >= 4 is 29.8 Å². The van der Waals surface area contributed by atoms with Crippen LogP contribution in [0.1, 0.15) is 84.1 Å². The molecule has 1 aliphatic heterocycles. The minimum absolute atomic E-state index is 0.0143. The summed E-state index contributed by atoms with van der Waals surface area (Å²) < 4.78 is 20.0. The molecule has 45 heavy (non-hydrogen) atoms. The molecule has 2 aliphatic rings. The molecule has 1 saturated carbocycles. The van der Waals surface area contributed by atoms with E-state index in [1.54, 1.807) is 38.8 Å². The second-order valence-electron chi connectivity index (χ2n) is 13.4. The average molecular weight is 656 g/mol. The number of likely N-dealkylation sites (N-methyl/N-ethyl adjacent to an activating group) is 1. The lowest BCUT2D eigenvalue weighted by molar-refractivity contribution is -0.250. The van der Waals surface area contributed by atoms with Gasteiger partial charge < -0.3 is 45.3 Å². The van der Waals surface area contributed by atoms with Gasteiger partial charge in [-0.05, 0) is 71.3 Å². The smallest absolute Gasteiger partial charge is 0.410 e. The van der Waals surface area contributed by atoms with Crippen LogP contribution in [0.3, 0.4) is 0 Å². The third-order valence-electron chi connectivity index (χ3n) is 8.84. The second-order valence-corrected chi connectivity index (χ2v) is 13.8. The van der Waals surface area contributed by atoms with Gasteiger partial charge in [-0.3, -0.25) is 0 Å². The fraction of sp³-hybridized carbons (Fsp3) is 0.719. The first kappa shape index (κ1) is 36.6. The lowest BCUT2D eigenvalue weighted by atomic mass is 9.74. The predicted octanol–water partition coefficient (Wildman–Crippen LogP) is 3.98. The summed E-state index contributed by atoms with van der Waals surface area (Å²) in [5, 5.41) is 39.3. The summed E-state index contributed by atoms with van der Waals surface area (Å²) in [5.41, 5.74) is -2.20. The number of hydrogen-bond donors (Lipinski definition) is 4. The molecule has 1 saturated heterocycles. The number of carbonyl (C=O) groups excluding carboxylic acids is 3. The number of nitrogens with zero attached hydrogens (tertiary/aromatic N) is 2. The molecule has 0 bridgehead atoms. The van der Waals surface area contributed by atoms with Crippen LogP contribution in [-0.4, -0.2) is 89.2 Å². The zero-order valence-electron chi connectivity index (χ0n) is 26.8. The van der Waals surface area contributed by atoms with Gasteiger partial charge in [-0.25, -0.2) is 14.0 Å². The Morgan fingerprint density at radius 1 is 1.18 bits per heavy atom. The van der Waals surface area contributed by atoms with E-state index in [4.69, 9.17) is 16.3 Å². The molecular weight excluding hydrogens is 607 g/mol.